The molecule has 94 valence electrons. The molecule has 0 spiro atoms. The molecule has 2 heteroatoms. The van der Waals surface area contributed by atoms with E-state index in [1.54, 1.807) is 0 Å². The second-order valence-electron chi connectivity index (χ2n) is 5.35. The minimum atomic E-state index is 0.422. The van der Waals surface area contributed by atoms with Gasteiger partial charge in [0.2, 0.25) is 0 Å². The van der Waals surface area contributed by atoms with Crippen molar-refractivity contribution in [2.45, 2.75) is 45.6 Å². The van der Waals surface area contributed by atoms with Crippen molar-refractivity contribution in [3.05, 3.63) is 28.7 Å². The summed E-state index contributed by atoms with van der Waals surface area (Å²) in [6.45, 7) is 4.67. The number of hydrogen-bond acceptors (Lipinski definition) is 1. The number of hydrogen-bond donors (Lipinski definition) is 0. The molecule has 0 saturated heterocycles. The molecule has 1 fully saturated rings. The monoisotopic (exact) mass is 296 g/mol. The minimum absolute atomic E-state index is 0.422. The summed E-state index contributed by atoms with van der Waals surface area (Å²) in [5.74, 6) is 2.73. The smallest absolute Gasteiger partial charge is 0.119 e. The van der Waals surface area contributed by atoms with Gasteiger partial charge in [-0.25, -0.2) is 0 Å². The van der Waals surface area contributed by atoms with Gasteiger partial charge in [0.25, 0.3) is 0 Å². The highest BCUT2D eigenvalue weighted by Gasteiger charge is 2.24. The Morgan fingerprint density at radius 2 is 1.65 bits per heavy atom. The number of rotatable bonds is 3. The highest BCUT2D eigenvalue weighted by molar-refractivity contribution is 9.10. The summed E-state index contributed by atoms with van der Waals surface area (Å²) in [6.07, 6.45) is 5.47. The summed E-state index contributed by atoms with van der Waals surface area (Å²) < 4.78 is 7.12. The zero-order valence-electron chi connectivity index (χ0n) is 10.7. The zero-order valence-corrected chi connectivity index (χ0v) is 12.2. The fraction of sp³-hybridized carbons (Fsp3) is 0.600. The van der Waals surface area contributed by atoms with Gasteiger partial charge in [-0.3, -0.25) is 0 Å². The van der Waals surface area contributed by atoms with Crippen molar-refractivity contribution in [3.63, 3.8) is 0 Å². The van der Waals surface area contributed by atoms with Crippen LogP contribution in [-0.2, 0) is 0 Å². The van der Waals surface area contributed by atoms with Crippen LogP contribution in [0.15, 0.2) is 28.7 Å². The first kappa shape index (κ1) is 12.9. The summed E-state index contributed by atoms with van der Waals surface area (Å²) in [6, 6.07) is 8.15. The van der Waals surface area contributed by atoms with Crippen molar-refractivity contribution in [2.75, 3.05) is 0 Å². The summed E-state index contributed by atoms with van der Waals surface area (Å²) in [5.41, 5.74) is 0. The van der Waals surface area contributed by atoms with E-state index in [0.29, 0.717) is 6.10 Å². The zero-order chi connectivity index (χ0) is 12.3. The Labute approximate surface area is 113 Å². The van der Waals surface area contributed by atoms with E-state index >= 15 is 0 Å². The van der Waals surface area contributed by atoms with E-state index in [9.17, 15) is 0 Å². The van der Waals surface area contributed by atoms with E-state index in [-0.39, 0.29) is 0 Å². The highest BCUT2D eigenvalue weighted by atomic mass is 79.9. The molecule has 17 heavy (non-hydrogen) atoms. The second kappa shape index (κ2) is 5.90. The largest absolute Gasteiger partial charge is 0.490 e. The van der Waals surface area contributed by atoms with Crippen molar-refractivity contribution in [2.24, 2.45) is 11.8 Å². The maximum absolute atomic E-state index is 6.02. The molecule has 0 aliphatic heterocycles. The van der Waals surface area contributed by atoms with Crippen LogP contribution in [0.4, 0.5) is 0 Å². The van der Waals surface area contributed by atoms with Crippen molar-refractivity contribution in [1.29, 1.82) is 0 Å². The van der Waals surface area contributed by atoms with Crippen LogP contribution in [0.25, 0.3) is 0 Å². The summed E-state index contributed by atoms with van der Waals surface area (Å²) >= 11 is 3.44. The Hall–Kier alpha value is -0.500. The fourth-order valence-corrected chi connectivity index (χ4v) is 2.84. The molecule has 1 aromatic rings. The van der Waals surface area contributed by atoms with Crippen LogP contribution in [0.3, 0.4) is 0 Å². The molecule has 1 aliphatic rings. The van der Waals surface area contributed by atoms with Gasteiger partial charge in [0, 0.05) is 4.47 Å². The third-order valence-electron chi connectivity index (χ3n) is 3.78. The molecular weight excluding hydrogens is 276 g/mol. The predicted molar refractivity (Wildman–Crippen MR) is 75.4 cm³/mol. The molecule has 1 saturated carbocycles. The Morgan fingerprint density at radius 3 is 2.18 bits per heavy atom. The molecule has 2 rings (SSSR count). The Morgan fingerprint density at radius 1 is 1.06 bits per heavy atom. The first-order valence-electron chi connectivity index (χ1n) is 6.57. The molecular formula is C15H21BrO. The van der Waals surface area contributed by atoms with Crippen LogP contribution in [0.1, 0.15) is 39.5 Å². The number of halogens is 1. The van der Waals surface area contributed by atoms with E-state index in [0.717, 1.165) is 22.1 Å². The average molecular weight is 297 g/mol. The first-order chi connectivity index (χ1) is 8.15. The van der Waals surface area contributed by atoms with E-state index in [1.807, 2.05) is 24.3 Å². The Kier molecular flexibility index (Phi) is 4.49. The lowest BCUT2D eigenvalue weighted by atomic mass is 9.80. The van der Waals surface area contributed by atoms with E-state index < -0.39 is 0 Å². The van der Waals surface area contributed by atoms with E-state index in [4.69, 9.17) is 4.74 Å². The second-order valence-corrected chi connectivity index (χ2v) is 6.27. The number of ether oxygens (including phenoxy) is 1. The molecule has 0 unspecified atom stereocenters. The molecule has 0 N–H and O–H groups in total. The molecule has 0 bridgehead atoms. The van der Waals surface area contributed by atoms with Crippen molar-refractivity contribution < 1.29 is 4.74 Å². The molecule has 0 heterocycles. The molecule has 0 aromatic heterocycles. The van der Waals surface area contributed by atoms with Gasteiger partial charge in [0.1, 0.15) is 5.75 Å². The highest BCUT2D eigenvalue weighted by Crippen LogP contribution is 2.32. The third kappa shape index (κ3) is 3.74. The van der Waals surface area contributed by atoms with Gasteiger partial charge >= 0.3 is 0 Å². The Balaban J connectivity index is 1.84. The van der Waals surface area contributed by atoms with Crippen LogP contribution in [0, 0.1) is 11.8 Å². The summed E-state index contributed by atoms with van der Waals surface area (Å²) in [4.78, 5) is 0. The van der Waals surface area contributed by atoms with Gasteiger partial charge < -0.3 is 4.74 Å². The van der Waals surface area contributed by atoms with Crippen molar-refractivity contribution in [3.8, 4) is 5.75 Å². The van der Waals surface area contributed by atoms with Crippen molar-refractivity contribution >= 4 is 15.9 Å². The van der Waals surface area contributed by atoms with E-state index in [2.05, 4.69) is 29.8 Å². The lowest BCUT2D eigenvalue weighted by Gasteiger charge is -2.31. The van der Waals surface area contributed by atoms with E-state index in [1.165, 1.54) is 25.7 Å². The maximum atomic E-state index is 6.02. The lowest BCUT2D eigenvalue weighted by Crippen LogP contribution is -2.26. The van der Waals surface area contributed by atoms with Gasteiger partial charge in [-0.1, -0.05) is 29.8 Å². The lowest BCUT2D eigenvalue weighted by molar-refractivity contribution is 0.117. The van der Waals surface area contributed by atoms with Crippen LogP contribution in [0.5, 0.6) is 5.75 Å². The predicted octanol–water partition coefficient (Wildman–Crippen LogP) is 5.04. The molecule has 1 aliphatic carbocycles. The summed E-state index contributed by atoms with van der Waals surface area (Å²) in [7, 11) is 0. The van der Waals surface area contributed by atoms with Crippen molar-refractivity contribution in [1.82, 2.24) is 0 Å². The van der Waals surface area contributed by atoms with Crippen LogP contribution in [0.2, 0.25) is 0 Å². The molecule has 0 amide bonds. The molecule has 1 nitrogen and oxygen atoms in total. The SMILES string of the molecule is CC(C)[C@H]1CC[C@H](Oc2ccc(Br)cc2)CC1. The van der Waals surface area contributed by atoms with Gasteiger partial charge in [-0.05, 0) is 61.8 Å². The Bertz CT molecular complexity index is 336. The quantitative estimate of drug-likeness (QED) is 0.759. The normalized spacial score (nSPS) is 24.9. The average Bonchev–Trinajstić information content (AvgIpc) is 2.33. The fourth-order valence-electron chi connectivity index (χ4n) is 2.58. The topological polar surface area (TPSA) is 9.23 Å². The van der Waals surface area contributed by atoms with Gasteiger partial charge in [-0.15, -0.1) is 0 Å². The molecule has 0 atom stereocenters. The standard InChI is InChI=1S/C15H21BrO/c1-11(2)12-3-7-14(8-4-12)17-15-9-5-13(16)6-10-15/h5-6,9-12,14H,3-4,7-8H2,1-2H3/t12-,14-. The van der Waals surface area contributed by atoms with Crippen LogP contribution >= 0.6 is 15.9 Å². The summed E-state index contributed by atoms with van der Waals surface area (Å²) in [5, 5.41) is 0. The van der Waals surface area contributed by atoms with Gasteiger partial charge in [0.05, 0.1) is 6.10 Å². The van der Waals surface area contributed by atoms with Gasteiger partial charge in [-0.2, -0.15) is 0 Å². The molecule has 1 aromatic carbocycles. The minimum Gasteiger partial charge on any atom is -0.490 e. The van der Waals surface area contributed by atoms with Gasteiger partial charge in [0.15, 0.2) is 0 Å². The first-order valence-corrected chi connectivity index (χ1v) is 7.36. The third-order valence-corrected chi connectivity index (χ3v) is 4.31. The van der Waals surface area contributed by atoms with Crippen LogP contribution < -0.4 is 4.74 Å². The van der Waals surface area contributed by atoms with Crippen LogP contribution in [-0.4, -0.2) is 6.10 Å². The molecule has 0 radical (unpaired) electrons. The number of benzene rings is 1. The maximum Gasteiger partial charge on any atom is 0.119 e.